The highest BCUT2D eigenvalue weighted by Crippen LogP contribution is 2.31. The van der Waals surface area contributed by atoms with E-state index in [0.29, 0.717) is 11.4 Å². The Labute approximate surface area is 149 Å². The number of carboxylic acids is 1. The first-order chi connectivity index (χ1) is 12.0. The largest absolute Gasteiger partial charge is 0.481 e. The molecule has 0 saturated heterocycles. The molecule has 3 rings (SSSR count). The molecule has 0 aliphatic heterocycles. The molecule has 1 amide bonds. The molecule has 2 heterocycles. The summed E-state index contributed by atoms with van der Waals surface area (Å²) in [4.78, 5) is 26.6. The van der Waals surface area contributed by atoms with Crippen LogP contribution in [0.4, 0.5) is 0 Å². The van der Waals surface area contributed by atoms with Crippen LogP contribution in [0.1, 0.15) is 28.7 Å². The van der Waals surface area contributed by atoms with Gasteiger partial charge in [0.25, 0.3) is 5.91 Å². The molecule has 130 valence electrons. The second kappa shape index (κ2) is 7.06. The maximum absolute atomic E-state index is 12.7. The SMILES string of the molecule is CCN(CCC(=O)O)C(=O)c1cc2c(C)nn(-c3ccccc3)c2s1. The van der Waals surface area contributed by atoms with Gasteiger partial charge in [0.05, 0.1) is 22.7 Å². The Kier molecular flexibility index (Phi) is 4.85. The molecule has 0 radical (unpaired) electrons. The van der Waals surface area contributed by atoms with E-state index in [1.165, 1.54) is 11.3 Å². The van der Waals surface area contributed by atoms with Gasteiger partial charge < -0.3 is 10.0 Å². The van der Waals surface area contributed by atoms with Crippen LogP contribution in [0.2, 0.25) is 0 Å². The standard InChI is InChI=1S/C18H19N3O3S/c1-3-20(10-9-16(22)23)17(24)15-11-14-12(2)19-21(18(14)25-15)13-7-5-4-6-8-13/h4-8,11H,3,9-10H2,1-2H3,(H,22,23). The fourth-order valence-electron chi connectivity index (χ4n) is 2.69. The first-order valence-electron chi connectivity index (χ1n) is 8.07. The Morgan fingerprint density at radius 3 is 2.64 bits per heavy atom. The first kappa shape index (κ1) is 17.2. The number of carbonyl (C=O) groups excluding carboxylic acids is 1. The van der Waals surface area contributed by atoms with Crippen LogP contribution in [0, 0.1) is 6.92 Å². The number of carbonyl (C=O) groups is 2. The van der Waals surface area contributed by atoms with Crippen molar-refractivity contribution in [2.45, 2.75) is 20.3 Å². The first-order valence-corrected chi connectivity index (χ1v) is 8.88. The molecular formula is C18H19N3O3S. The Hall–Kier alpha value is -2.67. The minimum Gasteiger partial charge on any atom is -0.481 e. The number of amides is 1. The van der Waals surface area contributed by atoms with Crippen LogP contribution in [0.15, 0.2) is 36.4 Å². The number of rotatable bonds is 6. The topological polar surface area (TPSA) is 75.4 Å². The number of aromatic nitrogens is 2. The van der Waals surface area contributed by atoms with Crippen molar-refractivity contribution in [3.8, 4) is 5.69 Å². The van der Waals surface area contributed by atoms with E-state index in [9.17, 15) is 9.59 Å². The smallest absolute Gasteiger partial charge is 0.305 e. The Morgan fingerprint density at radius 2 is 2.00 bits per heavy atom. The number of thiophene rings is 1. The van der Waals surface area contributed by atoms with Crippen molar-refractivity contribution in [3.63, 3.8) is 0 Å². The van der Waals surface area contributed by atoms with Gasteiger partial charge in [-0.15, -0.1) is 11.3 Å². The lowest BCUT2D eigenvalue weighted by atomic mass is 10.3. The summed E-state index contributed by atoms with van der Waals surface area (Å²) < 4.78 is 1.85. The number of para-hydroxylation sites is 1. The number of nitrogens with zero attached hydrogens (tertiary/aromatic N) is 3. The van der Waals surface area contributed by atoms with Crippen molar-refractivity contribution in [2.24, 2.45) is 0 Å². The number of aryl methyl sites for hydroxylation is 1. The van der Waals surface area contributed by atoms with Gasteiger partial charge in [0.1, 0.15) is 4.83 Å². The lowest BCUT2D eigenvalue weighted by molar-refractivity contribution is -0.137. The molecule has 0 spiro atoms. The van der Waals surface area contributed by atoms with E-state index in [0.717, 1.165) is 21.6 Å². The second-order valence-corrected chi connectivity index (χ2v) is 6.72. The highest BCUT2D eigenvalue weighted by Gasteiger charge is 2.21. The molecule has 25 heavy (non-hydrogen) atoms. The van der Waals surface area contributed by atoms with E-state index < -0.39 is 5.97 Å². The molecule has 0 unspecified atom stereocenters. The predicted octanol–water partition coefficient (Wildman–Crippen LogP) is 3.33. The van der Waals surface area contributed by atoms with Crippen molar-refractivity contribution >= 4 is 33.4 Å². The maximum atomic E-state index is 12.7. The van der Waals surface area contributed by atoms with E-state index in [2.05, 4.69) is 5.10 Å². The molecule has 0 bridgehead atoms. The molecule has 0 saturated carbocycles. The zero-order valence-electron chi connectivity index (χ0n) is 14.1. The number of hydrogen-bond acceptors (Lipinski definition) is 4. The van der Waals surface area contributed by atoms with Crippen molar-refractivity contribution in [2.75, 3.05) is 13.1 Å². The lowest BCUT2D eigenvalue weighted by Crippen LogP contribution is -2.32. The van der Waals surface area contributed by atoms with Gasteiger partial charge in [-0.05, 0) is 32.0 Å². The molecule has 2 aromatic heterocycles. The van der Waals surface area contributed by atoms with Gasteiger partial charge in [0.15, 0.2) is 0 Å². The molecule has 0 fully saturated rings. The van der Waals surface area contributed by atoms with Gasteiger partial charge in [-0.2, -0.15) is 5.10 Å². The Balaban J connectivity index is 1.96. The van der Waals surface area contributed by atoms with Gasteiger partial charge in [-0.25, -0.2) is 4.68 Å². The summed E-state index contributed by atoms with van der Waals surface area (Å²) in [5, 5.41) is 14.4. The number of aliphatic carboxylic acids is 1. The molecule has 1 aromatic carbocycles. The van der Waals surface area contributed by atoms with Gasteiger partial charge in [0.2, 0.25) is 0 Å². The fraction of sp³-hybridized carbons (Fsp3) is 0.278. The van der Waals surface area contributed by atoms with Crippen LogP contribution in [-0.4, -0.2) is 44.8 Å². The fourth-order valence-corrected chi connectivity index (χ4v) is 3.84. The second-order valence-electron chi connectivity index (χ2n) is 5.69. The average Bonchev–Trinajstić information content (AvgIpc) is 3.16. The lowest BCUT2D eigenvalue weighted by Gasteiger charge is -2.18. The van der Waals surface area contributed by atoms with Crippen LogP contribution in [0.5, 0.6) is 0 Å². The van der Waals surface area contributed by atoms with Gasteiger partial charge in [0, 0.05) is 18.5 Å². The monoisotopic (exact) mass is 357 g/mol. The van der Waals surface area contributed by atoms with E-state index in [-0.39, 0.29) is 18.9 Å². The summed E-state index contributed by atoms with van der Waals surface area (Å²) in [5.41, 5.74) is 1.81. The normalized spacial score (nSPS) is 11.0. The Morgan fingerprint density at radius 1 is 1.28 bits per heavy atom. The molecule has 0 aliphatic carbocycles. The van der Waals surface area contributed by atoms with Crippen LogP contribution in [0.25, 0.3) is 15.9 Å². The van der Waals surface area contributed by atoms with Gasteiger partial charge in [-0.1, -0.05) is 18.2 Å². The number of benzene rings is 1. The third-order valence-electron chi connectivity index (χ3n) is 4.02. The maximum Gasteiger partial charge on any atom is 0.305 e. The highest BCUT2D eigenvalue weighted by atomic mass is 32.1. The van der Waals surface area contributed by atoms with Gasteiger partial charge in [-0.3, -0.25) is 9.59 Å². The molecule has 0 atom stereocenters. The molecule has 7 heteroatoms. The minimum atomic E-state index is -0.904. The number of carboxylic acid groups (broad SMARTS) is 1. The summed E-state index contributed by atoms with van der Waals surface area (Å²) in [6, 6.07) is 11.6. The van der Waals surface area contributed by atoms with E-state index in [4.69, 9.17) is 5.11 Å². The van der Waals surface area contributed by atoms with Crippen LogP contribution >= 0.6 is 11.3 Å². The third kappa shape index (κ3) is 3.41. The van der Waals surface area contributed by atoms with E-state index >= 15 is 0 Å². The average molecular weight is 357 g/mol. The van der Waals surface area contributed by atoms with Crippen molar-refractivity contribution in [1.82, 2.24) is 14.7 Å². The zero-order valence-corrected chi connectivity index (χ0v) is 14.9. The van der Waals surface area contributed by atoms with Crippen molar-refractivity contribution < 1.29 is 14.7 Å². The summed E-state index contributed by atoms with van der Waals surface area (Å²) in [7, 11) is 0. The number of fused-ring (bicyclic) bond motifs is 1. The van der Waals surface area contributed by atoms with Crippen LogP contribution in [0.3, 0.4) is 0 Å². The Bertz CT molecular complexity index is 914. The quantitative estimate of drug-likeness (QED) is 0.734. The van der Waals surface area contributed by atoms with Crippen LogP contribution in [-0.2, 0) is 4.79 Å². The van der Waals surface area contributed by atoms with E-state index in [1.54, 1.807) is 4.90 Å². The summed E-state index contributed by atoms with van der Waals surface area (Å²) in [5.74, 6) is -1.04. The summed E-state index contributed by atoms with van der Waals surface area (Å²) in [6.07, 6.45) is -0.0543. The van der Waals surface area contributed by atoms with Crippen molar-refractivity contribution in [3.05, 3.63) is 47.0 Å². The summed E-state index contributed by atoms with van der Waals surface area (Å²) in [6.45, 7) is 4.46. The highest BCUT2D eigenvalue weighted by molar-refractivity contribution is 7.20. The predicted molar refractivity (Wildman–Crippen MR) is 97.5 cm³/mol. The summed E-state index contributed by atoms with van der Waals surface area (Å²) >= 11 is 1.39. The number of hydrogen-bond donors (Lipinski definition) is 1. The molecule has 6 nitrogen and oxygen atoms in total. The van der Waals surface area contributed by atoms with E-state index in [1.807, 2.05) is 54.9 Å². The zero-order chi connectivity index (χ0) is 18.0. The third-order valence-corrected chi connectivity index (χ3v) is 5.12. The van der Waals surface area contributed by atoms with Crippen LogP contribution < -0.4 is 0 Å². The minimum absolute atomic E-state index is 0.0543. The molecule has 1 N–H and O–H groups in total. The van der Waals surface area contributed by atoms with Gasteiger partial charge >= 0.3 is 5.97 Å². The molecule has 3 aromatic rings. The van der Waals surface area contributed by atoms with Crippen molar-refractivity contribution in [1.29, 1.82) is 0 Å². The molecular weight excluding hydrogens is 338 g/mol. The molecule has 0 aliphatic rings.